The third-order valence-electron chi connectivity index (χ3n) is 5.67. The van der Waals surface area contributed by atoms with Crippen LogP contribution < -0.4 is 5.32 Å². The zero-order valence-corrected chi connectivity index (χ0v) is 16.3. The number of carbonyl (C=O) groups is 1. The zero-order chi connectivity index (χ0) is 19.7. The van der Waals surface area contributed by atoms with Gasteiger partial charge in [-0.05, 0) is 68.5 Å². The van der Waals surface area contributed by atoms with E-state index in [2.05, 4.69) is 16.4 Å². The van der Waals surface area contributed by atoms with Crippen LogP contribution in [-0.4, -0.2) is 23.1 Å². The molecule has 2 aromatic carbocycles. The maximum absolute atomic E-state index is 14.2. The Bertz CT molecular complexity index is 1020. The summed E-state index contributed by atoms with van der Waals surface area (Å²) in [5.74, 6) is -0.310. The lowest BCUT2D eigenvalue weighted by Gasteiger charge is -2.32. The van der Waals surface area contributed by atoms with Crippen molar-refractivity contribution in [3.05, 3.63) is 59.4 Å². The highest BCUT2D eigenvalue weighted by molar-refractivity contribution is 5.91. The van der Waals surface area contributed by atoms with E-state index in [1.165, 1.54) is 6.07 Å². The molecule has 28 heavy (non-hydrogen) atoms. The SMILES string of the molecule is Cc1c(-c2ccccc2F)[nH]c2ccc(CNC(=O)[C@@]3(C)CCCCO3)cc12. The quantitative estimate of drug-likeness (QED) is 0.679. The van der Waals surface area contributed by atoms with Crippen molar-refractivity contribution in [1.82, 2.24) is 10.3 Å². The summed E-state index contributed by atoms with van der Waals surface area (Å²) in [7, 11) is 0. The van der Waals surface area contributed by atoms with Crippen LogP contribution in [0.3, 0.4) is 0 Å². The molecule has 1 fully saturated rings. The maximum Gasteiger partial charge on any atom is 0.252 e. The van der Waals surface area contributed by atoms with Gasteiger partial charge >= 0.3 is 0 Å². The van der Waals surface area contributed by atoms with Gasteiger partial charge in [0.05, 0.1) is 5.69 Å². The molecule has 1 aliphatic rings. The summed E-state index contributed by atoms with van der Waals surface area (Å²) in [6.07, 6.45) is 2.77. The Hall–Kier alpha value is -2.66. The first kappa shape index (κ1) is 18.7. The van der Waals surface area contributed by atoms with E-state index in [0.717, 1.165) is 47.0 Å². The molecule has 1 aromatic heterocycles. The molecular weight excluding hydrogens is 355 g/mol. The largest absolute Gasteiger partial charge is 0.365 e. The van der Waals surface area contributed by atoms with Crippen LogP contribution in [0.1, 0.15) is 37.3 Å². The lowest BCUT2D eigenvalue weighted by molar-refractivity contribution is -0.150. The van der Waals surface area contributed by atoms with E-state index < -0.39 is 5.60 Å². The molecule has 4 nitrogen and oxygen atoms in total. The molecule has 1 aliphatic heterocycles. The Balaban J connectivity index is 1.56. The number of fused-ring (bicyclic) bond motifs is 1. The molecule has 0 spiro atoms. The second-order valence-corrected chi connectivity index (χ2v) is 7.70. The van der Waals surface area contributed by atoms with Gasteiger partial charge in [-0.1, -0.05) is 18.2 Å². The van der Waals surface area contributed by atoms with Crippen LogP contribution >= 0.6 is 0 Å². The van der Waals surface area contributed by atoms with E-state index in [4.69, 9.17) is 4.74 Å². The minimum atomic E-state index is -0.732. The molecule has 2 N–H and O–H groups in total. The van der Waals surface area contributed by atoms with Gasteiger partial charge in [0.15, 0.2) is 0 Å². The highest BCUT2D eigenvalue weighted by atomic mass is 19.1. The summed E-state index contributed by atoms with van der Waals surface area (Å²) in [6.45, 7) is 4.92. The Kier molecular flexibility index (Phi) is 4.94. The van der Waals surface area contributed by atoms with Gasteiger partial charge in [0, 0.05) is 29.6 Å². The maximum atomic E-state index is 14.2. The van der Waals surface area contributed by atoms with Gasteiger partial charge in [-0.25, -0.2) is 4.39 Å². The number of halogens is 1. The number of carbonyl (C=O) groups excluding carboxylic acids is 1. The van der Waals surface area contributed by atoms with Crippen molar-refractivity contribution in [2.75, 3.05) is 6.61 Å². The lowest BCUT2D eigenvalue weighted by Crippen LogP contribution is -2.48. The van der Waals surface area contributed by atoms with Gasteiger partial charge in [-0.2, -0.15) is 0 Å². The number of aromatic amines is 1. The van der Waals surface area contributed by atoms with E-state index in [1.807, 2.05) is 32.0 Å². The minimum absolute atomic E-state index is 0.0647. The topological polar surface area (TPSA) is 54.1 Å². The number of hydrogen-bond acceptors (Lipinski definition) is 2. The number of nitrogens with one attached hydrogen (secondary N) is 2. The van der Waals surface area contributed by atoms with Crippen LogP contribution in [0.4, 0.5) is 4.39 Å². The van der Waals surface area contributed by atoms with Crippen molar-refractivity contribution in [2.45, 2.75) is 45.3 Å². The van der Waals surface area contributed by atoms with Crippen molar-refractivity contribution in [1.29, 1.82) is 0 Å². The molecule has 1 saturated heterocycles. The average molecular weight is 380 g/mol. The van der Waals surface area contributed by atoms with Gasteiger partial charge < -0.3 is 15.0 Å². The normalized spacial score (nSPS) is 19.7. The fourth-order valence-electron chi connectivity index (χ4n) is 3.90. The van der Waals surface area contributed by atoms with Crippen molar-refractivity contribution >= 4 is 16.8 Å². The third kappa shape index (κ3) is 3.42. The number of aromatic nitrogens is 1. The molecule has 146 valence electrons. The second-order valence-electron chi connectivity index (χ2n) is 7.70. The van der Waals surface area contributed by atoms with E-state index in [-0.39, 0.29) is 11.7 Å². The Morgan fingerprint density at radius 3 is 2.82 bits per heavy atom. The Morgan fingerprint density at radius 1 is 1.25 bits per heavy atom. The summed E-state index contributed by atoms with van der Waals surface area (Å²) in [6, 6.07) is 12.8. The molecule has 2 heterocycles. The van der Waals surface area contributed by atoms with E-state index >= 15 is 0 Å². The van der Waals surface area contributed by atoms with Gasteiger partial charge in [-0.15, -0.1) is 0 Å². The van der Waals surface area contributed by atoms with Crippen LogP contribution in [0.2, 0.25) is 0 Å². The molecule has 5 heteroatoms. The fraction of sp³-hybridized carbons (Fsp3) is 0.348. The first-order chi connectivity index (χ1) is 13.5. The minimum Gasteiger partial charge on any atom is -0.365 e. The summed E-state index contributed by atoms with van der Waals surface area (Å²) >= 11 is 0. The highest BCUT2D eigenvalue weighted by Crippen LogP contribution is 2.31. The highest BCUT2D eigenvalue weighted by Gasteiger charge is 2.35. The van der Waals surface area contributed by atoms with Gasteiger partial charge in [0.2, 0.25) is 0 Å². The molecule has 1 amide bonds. The van der Waals surface area contributed by atoms with Crippen LogP contribution in [-0.2, 0) is 16.1 Å². The van der Waals surface area contributed by atoms with Crippen molar-refractivity contribution in [3.8, 4) is 11.3 Å². The predicted octanol–water partition coefficient (Wildman–Crippen LogP) is 4.86. The number of H-pyrrole nitrogens is 1. The number of aryl methyl sites for hydroxylation is 1. The number of amides is 1. The van der Waals surface area contributed by atoms with Crippen molar-refractivity contribution in [3.63, 3.8) is 0 Å². The molecule has 3 aromatic rings. The first-order valence-corrected chi connectivity index (χ1v) is 9.76. The summed E-state index contributed by atoms with van der Waals surface area (Å²) < 4.78 is 19.9. The summed E-state index contributed by atoms with van der Waals surface area (Å²) in [5, 5.41) is 4.04. The van der Waals surface area contributed by atoms with Crippen LogP contribution in [0.15, 0.2) is 42.5 Å². The number of hydrogen-bond donors (Lipinski definition) is 2. The monoisotopic (exact) mass is 380 g/mol. The zero-order valence-electron chi connectivity index (χ0n) is 16.3. The molecule has 1 atom stereocenters. The Labute approximate surface area is 164 Å². The molecule has 0 saturated carbocycles. The van der Waals surface area contributed by atoms with Crippen molar-refractivity contribution in [2.24, 2.45) is 0 Å². The van der Waals surface area contributed by atoms with Crippen molar-refractivity contribution < 1.29 is 13.9 Å². The lowest BCUT2D eigenvalue weighted by atomic mass is 9.95. The standard InChI is InChI=1S/C23H25FN2O2/c1-15-18-13-16(14-25-22(27)23(2)11-5-6-12-28-23)9-10-20(18)26-21(15)17-7-3-4-8-19(17)24/h3-4,7-10,13,26H,5-6,11-12,14H2,1-2H3,(H,25,27)/t23-/m1/s1. The summed E-state index contributed by atoms with van der Waals surface area (Å²) in [4.78, 5) is 15.9. The van der Waals surface area contributed by atoms with E-state index in [9.17, 15) is 9.18 Å². The first-order valence-electron chi connectivity index (χ1n) is 9.76. The number of rotatable bonds is 4. The molecular formula is C23H25FN2O2. The van der Waals surface area contributed by atoms with E-state index in [1.54, 1.807) is 12.1 Å². The number of benzene rings is 2. The van der Waals surface area contributed by atoms with Crippen LogP contribution in [0.25, 0.3) is 22.2 Å². The average Bonchev–Trinajstić information content (AvgIpc) is 3.03. The van der Waals surface area contributed by atoms with E-state index in [0.29, 0.717) is 18.7 Å². The Morgan fingerprint density at radius 2 is 2.07 bits per heavy atom. The smallest absolute Gasteiger partial charge is 0.252 e. The van der Waals surface area contributed by atoms with Crippen LogP contribution in [0, 0.1) is 12.7 Å². The molecule has 4 rings (SSSR count). The molecule has 0 aliphatic carbocycles. The van der Waals surface area contributed by atoms with Gasteiger partial charge in [-0.3, -0.25) is 4.79 Å². The van der Waals surface area contributed by atoms with Gasteiger partial charge in [0.25, 0.3) is 5.91 Å². The third-order valence-corrected chi connectivity index (χ3v) is 5.67. The molecule has 0 bridgehead atoms. The van der Waals surface area contributed by atoms with Gasteiger partial charge in [0.1, 0.15) is 11.4 Å². The second kappa shape index (κ2) is 7.40. The fourth-order valence-corrected chi connectivity index (χ4v) is 3.90. The molecule has 0 radical (unpaired) electrons. The van der Waals surface area contributed by atoms with Crippen LogP contribution in [0.5, 0.6) is 0 Å². The summed E-state index contributed by atoms with van der Waals surface area (Å²) in [5.41, 5.74) is 3.57. The predicted molar refractivity (Wildman–Crippen MR) is 108 cm³/mol. The molecule has 0 unspecified atom stereocenters. The number of ether oxygens (including phenoxy) is 1.